The normalized spacial score (nSPS) is 21.5. The van der Waals surface area contributed by atoms with Crippen molar-refractivity contribution in [2.45, 2.75) is 31.0 Å². The summed E-state index contributed by atoms with van der Waals surface area (Å²) in [7, 11) is 0. The van der Waals surface area contributed by atoms with E-state index in [2.05, 4.69) is 75.4 Å². The topological polar surface area (TPSA) is 36.4 Å². The van der Waals surface area contributed by atoms with E-state index in [1.807, 2.05) is 12.1 Å². The molecule has 2 aromatic carbocycles. The first-order valence-corrected chi connectivity index (χ1v) is 10.4. The van der Waals surface area contributed by atoms with Gasteiger partial charge in [-0.25, -0.2) is 0 Å². The van der Waals surface area contributed by atoms with Crippen molar-refractivity contribution in [3.8, 4) is 0 Å². The number of hydrogen-bond donors (Lipinski definition) is 0. The minimum absolute atomic E-state index is 0.126. The molecule has 4 nitrogen and oxygen atoms in total. The molecule has 0 radical (unpaired) electrons. The van der Waals surface area contributed by atoms with Crippen molar-refractivity contribution in [2.24, 2.45) is 0 Å². The van der Waals surface area contributed by atoms with Crippen LogP contribution in [0.4, 0.5) is 0 Å². The van der Waals surface area contributed by atoms with Gasteiger partial charge in [0.15, 0.2) is 0 Å². The minimum atomic E-state index is 0.126. The Labute approximate surface area is 171 Å². The molecule has 2 aliphatic heterocycles. The van der Waals surface area contributed by atoms with E-state index in [1.165, 1.54) is 11.1 Å². The number of carbonyl (C=O) groups excluding carboxylic acids is 1. The first-order valence-electron chi connectivity index (χ1n) is 10.4. The molecular weight excluding hydrogens is 358 g/mol. The molecule has 0 saturated carbocycles. The van der Waals surface area contributed by atoms with Crippen LogP contribution in [-0.2, 0) is 0 Å². The molecule has 2 unspecified atom stereocenters. The summed E-state index contributed by atoms with van der Waals surface area (Å²) in [5.74, 6) is 0.126. The van der Waals surface area contributed by atoms with E-state index in [4.69, 9.17) is 0 Å². The molecule has 2 fully saturated rings. The predicted octanol–water partition coefficient (Wildman–Crippen LogP) is 4.16. The van der Waals surface area contributed by atoms with E-state index in [-0.39, 0.29) is 24.0 Å². The van der Waals surface area contributed by atoms with Crippen molar-refractivity contribution in [1.82, 2.24) is 14.8 Å². The van der Waals surface area contributed by atoms with Crippen molar-refractivity contribution < 1.29 is 4.79 Å². The molecule has 2 saturated heterocycles. The van der Waals surface area contributed by atoms with Crippen LogP contribution in [0.15, 0.2) is 85.2 Å². The second-order valence-electron chi connectivity index (χ2n) is 8.02. The van der Waals surface area contributed by atoms with Gasteiger partial charge in [0.25, 0.3) is 5.91 Å². The highest BCUT2D eigenvalue weighted by Gasteiger charge is 2.44. The smallest absolute Gasteiger partial charge is 0.256 e. The second-order valence-corrected chi connectivity index (χ2v) is 8.02. The molecule has 0 N–H and O–H groups in total. The molecule has 146 valence electrons. The summed E-state index contributed by atoms with van der Waals surface area (Å²) in [6, 6.07) is 25.9. The van der Waals surface area contributed by atoms with E-state index in [0.717, 1.165) is 25.9 Å². The fraction of sp³-hybridized carbons (Fsp3) is 0.280. The Hall–Kier alpha value is -2.98. The first kappa shape index (κ1) is 18.1. The number of pyridine rings is 1. The Kier molecular flexibility index (Phi) is 4.86. The highest BCUT2D eigenvalue weighted by atomic mass is 16.2. The molecule has 29 heavy (non-hydrogen) atoms. The quantitative estimate of drug-likeness (QED) is 0.679. The van der Waals surface area contributed by atoms with Gasteiger partial charge in [0.05, 0.1) is 11.6 Å². The average molecular weight is 383 g/mol. The first-order chi connectivity index (χ1) is 14.3. The van der Waals surface area contributed by atoms with Gasteiger partial charge in [0.1, 0.15) is 0 Å². The molecule has 1 amide bonds. The number of hydrogen-bond acceptors (Lipinski definition) is 3. The number of amides is 1. The zero-order chi connectivity index (χ0) is 19.6. The lowest BCUT2D eigenvalue weighted by atomic mass is 9.95. The standard InChI is InChI=1S/C25H25N3O/c29-25(21-12-7-15-26-16-21)28-22-13-14-23(28)18-27(17-22)24(19-8-3-1-4-9-19)20-10-5-2-6-11-20/h1-12,15-16,22-24H,13-14,17-18H2. The van der Waals surface area contributed by atoms with Crippen LogP contribution < -0.4 is 0 Å². The van der Waals surface area contributed by atoms with Crippen LogP contribution in [0, 0.1) is 0 Å². The monoisotopic (exact) mass is 383 g/mol. The van der Waals surface area contributed by atoms with Gasteiger partial charge in [-0.2, -0.15) is 0 Å². The molecule has 4 heteroatoms. The largest absolute Gasteiger partial charge is 0.330 e. The molecule has 3 aromatic rings. The lowest BCUT2D eigenvalue weighted by molar-refractivity contribution is 0.0351. The van der Waals surface area contributed by atoms with E-state index in [9.17, 15) is 4.79 Å². The Morgan fingerprint density at radius 1 is 0.828 bits per heavy atom. The zero-order valence-corrected chi connectivity index (χ0v) is 16.4. The maximum Gasteiger partial charge on any atom is 0.256 e. The van der Waals surface area contributed by atoms with Crippen LogP contribution in [0.3, 0.4) is 0 Å². The predicted molar refractivity (Wildman–Crippen MR) is 114 cm³/mol. The number of nitrogens with zero attached hydrogens (tertiary/aromatic N) is 3. The van der Waals surface area contributed by atoms with Crippen LogP contribution in [0.1, 0.15) is 40.4 Å². The number of benzene rings is 2. The molecule has 5 rings (SSSR count). The van der Waals surface area contributed by atoms with E-state index in [1.54, 1.807) is 12.4 Å². The van der Waals surface area contributed by atoms with Gasteiger partial charge in [-0.05, 0) is 36.1 Å². The lowest BCUT2D eigenvalue weighted by Gasteiger charge is -2.44. The Morgan fingerprint density at radius 2 is 1.41 bits per heavy atom. The molecule has 0 aliphatic carbocycles. The van der Waals surface area contributed by atoms with Crippen molar-refractivity contribution in [3.63, 3.8) is 0 Å². The Bertz CT molecular complexity index is 908. The minimum Gasteiger partial charge on any atom is -0.330 e. The van der Waals surface area contributed by atoms with Crippen LogP contribution in [0.25, 0.3) is 0 Å². The zero-order valence-electron chi connectivity index (χ0n) is 16.4. The van der Waals surface area contributed by atoms with Crippen LogP contribution in [-0.4, -0.2) is 45.9 Å². The Morgan fingerprint density at radius 3 is 1.93 bits per heavy atom. The van der Waals surface area contributed by atoms with E-state index >= 15 is 0 Å². The van der Waals surface area contributed by atoms with Gasteiger partial charge in [-0.1, -0.05) is 60.7 Å². The van der Waals surface area contributed by atoms with Crippen molar-refractivity contribution in [1.29, 1.82) is 0 Å². The van der Waals surface area contributed by atoms with Gasteiger partial charge in [-0.3, -0.25) is 14.7 Å². The molecule has 1 aromatic heterocycles. The van der Waals surface area contributed by atoms with Gasteiger partial charge >= 0.3 is 0 Å². The van der Waals surface area contributed by atoms with Crippen LogP contribution in [0.5, 0.6) is 0 Å². The van der Waals surface area contributed by atoms with E-state index < -0.39 is 0 Å². The second kappa shape index (κ2) is 7.80. The summed E-state index contributed by atoms with van der Waals surface area (Å²) < 4.78 is 0. The molecule has 2 aliphatic rings. The van der Waals surface area contributed by atoms with Gasteiger partial charge in [0, 0.05) is 37.6 Å². The summed E-state index contributed by atoms with van der Waals surface area (Å²) in [6.45, 7) is 1.80. The van der Waals surface area contributed by atoms with Crippen LogP contribution >= 0.6 is 0 Å². The molecule has 2 atom stereocenters. The Balaban J connectivity index is 1.44. The molecule has 3 heterocycles. The SMILES string of the molecule is O=C(c1cccnc1)N1C2CCC1CN(C(c1ccccc1)c1ccccc1)C2. The molecule has 2 bridgehead atoms. The van der Waals surface area contributed by atoms with Gasteiger partial charge < -0.3 is 4.90 Å². The number of fused-ring (bicyclic) bond motifs is 2. The maximum atomic E-state index is 13.1. The van der Waals surface area contributed by atoms with Gasteiger partial charge in [-0.15, -0.1) is 0 Å². The number of likely N-dealkylation sites (tertiary alicyclic amines) is 1. The maximum absolute atomic E-state index is 13.1. The molecular formula is C25H25N3O. The lowest BCUT2D eigenvalue weighted by Crippen LogP contribution is -2.56. The third kappa shape index (κ3) is 3.45. The van der Waals surface area contributed by atoms with Crippen molar-refractivity contribution >= 4 is 5.91 Å². The third-order valence-corrected chi connectivity index (χ3v) is 6.25. The van der Waals surface area contributed by atoms with Crippen molar-refractivity contribution in [3.05, 3.63) is 102 Å². The highest BCUT2D eigenvalue weighted by Crippen LogP contribution is 2.37. The average Bonchev–Trinajstić information content (AvgIpc) is 3.05. The highest BCUT2D eigenvalue weighted by molar-refractivity contribution is 5.94. The summed E-state index contributed by atoms with van der Waals surface area (Å²) in [5.41, 5.74) is 3.32. The summed E-state index contributed by atoms with van der Waals surface area (Å²) in [5, 5.41) is 0. The van der Waals surface area contributed by atoms with E-state index in [0.29, 0.717) is 5.56 Å². The molecule has 0 spiro atoms. The van der Waals surface area contributed by atoms with Crippen LogP contribution in [0.2, 0.25) is 0 Å². The summed E-state index contributed by atoms with van der Waals surface area (Å²) >= 11 is 0. The summed E-state index contributed by atoms with van der Waals surface area (Å²) in [4.78, 5) is 22.0. The number of piperazine rings is 1. The number of carbonyl (C=O) groups is 1. The van der Waals surface area contributed by atoms with Crippen molar-refractivity contribution in [2.75, 3.05) is 13.1 Å². The fourth-order valence-electron chi connectivity index (χ4n) is 5.00. The fourth-order valence-corrected chi connectivity index (χ4v) is 5.00. The third-order valence-electron chi connectivity index (χ3n) is 6.25. The van der Waals surface area contributed by atoms with Gasteiger partial charge in [0.2, 0.25) is 0 Å². The number of aromatic nitrogens is 1. The number of rotatable bonds is 4. The summed E-state index contributed by atoms with van der Waals surface area (Å²) in [6.07, 6.45) is 5.55.